The summed E-state index contributed by atoms with van der Waals surface area (Å²) < 4.78 is 6.08. The Morgan fingerprint density at radius 1 is 1.30 bits per heavy atom. The van der Waals surface area contributed by atoms with Crippen LogP contribution in [0.4, 0.5) is 5.69 Å². The molecule has 0 atom stereocenters. The van der Waals surface area contributed by atoms with E-state index in [9.17, 15) is 9.59 Å². The van der Waals surface area contributed by atoms with Gasteiger partial charge in [-0.1, -0.05) is 29.8 Å². The summed E-state index contributed by atoms with van der Waals surface area (Å²) in [6, 6.07) is 5.31. The summed E-state index contributed by atoms with van der Waals surface area (Å²) >= 11 is 3.37. The zero-order valence-corrected chi connectivity index (χ0v) is 13.5. The number of carbonyl (C=O) groups is 2. The third kappa shape index (κ3) is 2.24. The van der Waals surface area contributed by atoms with Crippen molar-refractivity contribution in [2.75, 3.05) is 12.0 Å². The first-order valence-corrected chi connectivity index (χ1v) is 7.49. The normalized spacial score (nSPS) is 17.7. The molecule has 0 spiro atoms. The van der Waals surface area contributed by atoms with E-state index in [-0.39, 0.29) is 18.2 Å². The minimum atomic E-state index is -0.565. The Morgan fingerprint density at radius 2 is 1.95 bits per heavy atom. The first kappa shape index (κ1) is 15.0. The summed E-state index contributed by atoms with van der Waals surface area (Å²) in [5.41, 5.74) is -0.0506. The van der Waals surface area contributed by atoms with Crippen LogP contribution in [0.2, 0.25) is 0 Å². The van der Waals surface area contributed by atoms with Gasteiger partial charge < -0.3 is 4.74 Å². The molecule has 2 amide bonds. The van der Waals surface area contributed by atoms with Gasteiger partial charge in [0.15, 0.2) is 0 Å². The Morgan fingerprint density at radius 3 is 2.45 bits per heavy atom. The monoisotopic (exact) mass is 339 g/mol. The molecule has 1 saturated heterocycles. The van der Waals surface area contributed by atoms with Crippen molar-refractivity contribution in [1.29, 1.82) is 0 Å². The fourth-order valence-corrected chi connectivity index (χ4v) is 3.03. The molecule has 1 fully saturated rings. The number of hydrogen-bond acceptors (Lipinski definition) is 3. The Bertz CT molecular complexity index is 552. The fraction of sp³-hybridized carbons (Fsp3) is 0.467. The second kappa shape index (κ2) is 5.56. The number of amides is 2. The van der Waals surface area contributed by atoms with Crippen molar-refractivity contribution in [3.05, 3.63) is 22.7 Å². The Balaban J connectivity index is 2.51. The molecule has 1 aliphatic heterocycles. The van der Waals surface area contributed by atoms with Crippen LogP contribution in [-0.2, 0) is 9.59 Å². The van der Waals surface area contributed by atoms with Crippen LogP contribution >= 0.6 is 15.9 Å². The molecule has 4 nitrogen and oxygen atoms in total. The number of methoxy groups -OCH3 is 1. The largest absolute Gasteiger partial charge is 0.495 e. The molecule has 0 saturated carbocycles. The van der Waals surface area contributed by atoms with E-state index in [1.165, 1.54) is 12.0 Å². The molecule has 0 radical (unpaired) electrons. The molecule has 0 aromatic heterocycles. The molecule has 1 aromatic rings. The van der Waals surface area contributed by atoms with Crippen molar-refractivity contribution < 1.29 is 14.3 Å². The van der Waals surface area contributed by atoms with Gasteiger partial charge in [0.2, 0.25) is 11.8 Å². The van der Waals surface area contributed by atoms with Crippen molar-refractivity contribution in [2.45, 2.75) is 33.1 Å². The maximum atomic E-state index is 12.7. The molecule has 0 aliphatic carbocycles. The number of ether oxygens (including phenoxy) is 1. The van der Waals surface area contributed by atoms with E-state index in [0.717, 1.165) is 4.47 Å². The van der Waals surface area contributed by atoms with Crippen molar-refractivity contribution >= 4 is 33.4 Å². The van der Waals surface area contributed by atoms with Crippen LogP contribution in [0.3, 0.4) is 0 Å². The highest BCUT2D eigenvalue weighted by Gasteiger charge is 2.50. The van der Waals surface area contributed by atoms with Crippen LogP contribution < -0.4 is 9.64 Å². The van der Waals surface area contributed by atoms with Crippen LogP contribution in [0.1, 0.15) is 33.1 Å². The summed E-state index contributed by atoms with van der Waals surface area (Å²) in [6.07, 6.45) is 1.61. The van der Waals surface area contributed by atoms with Gasteiger partial charge in [-0.15, -0.1) is 0 Å². The molecule has 1 heterocycles. The minimum Gasteiger partial charge on any atom is -0.495 e. The third-order valence-electron chi connectivity index (χ3n) is 4.13. The van der Waals surface area contributed by atoms with Gasteiger partial charge in [0, 0.05) is 10.9 Å². The molecule has 20 heavy (non-hydrogen) atoms. The minimum absolute atomic E-state index is 0.121. The zero-order valence-electron chi connectivity index (χ0n) is 11.9. The molecular weight excluding hydrogens is 322 g/mol. The number of nitrogens with zero attached hydrogens (tertiary/aromatic N) is 1. The van der Waals surface area contributed by atoms with Gasteiger partial charge in [0.25, 0.3) is 0 Å². The van der Waals surface area contributed by atoms with E-state index in [0.29, 0.717) is 24.3 Å². The van der Waals surface area contributed by atoms with E-state index in [2.05, 4.69) is 15.9 Å². The summed E-state index contributed by atoms with van der Waals surface area (Å²) in [6.45, 7) is 3.91. The molecule has 0 unspecified atom stereocenters. The number of benzene rings is 1. The van der Waals surface area contributed by atoms with Gasteiger partial charge >= 0.3 is 0 Å². The molecule has 108 valence electrons. The summed E-state index contributed by atoms with van der Waals surface area (Å²) in [5.74, 6) is 0.247. The van der Waals surface area contributed by atoms with E-state index in [1.807, 2.05) is 19.9 Å². The van der Waals surface area contributed by atoms with E-state index < -0.39 is 5.41 Å². The highest BCUT2D eigenvalue weighted by atomic mass is 79.9. The number of imide groups is 1. The van der Waals surface area contributed by atoms with Gasteiger partial charge in [0.1, 0.15) is 5.75 Å². The number of anilines is 1. The van der Waals surface area contributed by atoms with Crippen molar-refractivity contribution in [3.63, 3.8) is 0 Å². The highest BCUT2D eigenvalue weighted by molar-refractivity contribution is 9.10. The third-order valence-corrected chi connectivity index (χ3v) is 4.62. The van der Waals surface area contributed by atoms with E-state index >= 15 is 0 Å². The summed E-state index contributed by atoms with van der Waals surface area (Å²) in [4.78, 5) is 26.3. The predicted molar refractivity (Wildman–Crippen MR) is 80.8 cm³/mol. The molecule has 1 aromatic carbocycles. The number of carbonyl (C=O) groups excluding carboxylic acids is 2. The Kier molecular flexibility index (Phi) is 4.18. The van der Waals surface area contributed by atoms with Crippen molar-refractivity contribution in [1.82, 2.24) is 0 Å². The van der Waals surface area contributed by atoms with E-state index in [4.69, 9.17) is 4.74 Å². The van der Waals surface area contributed by atoms with E-state index in [1.54, 1.807) is 12.1 Å². The van der Waals surface area contributed by atoms with Crippen LogP contribution in [0.25, 0.3) is 0 Å². The molecular formula is C15H18BrNO3. The lowest BCUT2D eigenvalue weighted by Crippen LogP contribution is -2.35. The highest BCUT2D eigenvalue weighted by Crippen LogP contribution is 2.44. The summed E-state index contributed by atoms with van der Waals surface area (Å²) in [5, 5.41) is 0. The van der Waals surface area contributed by atoms with Gasteiger partial charge in [-0.05, 0) is 31.0 Å². The van der Waals surface area contributed by atoms with Gasteiger partial charge in [0.05, 0.1) is 18.2 Å². The Hall–Kier alpha value is -1.36. The maximum absolute atomic E-state index is 12.7. The quantitative estimate of drug-likeness (QED) is 0.788. The molecule has 1 aliphatic rings. The Labute approximate surface area is 127 Å². The fourth-order valence-electron chi connectivity index (χ4n) is 2.68. The second-order valence-corrected chi connectivity index (χ2v) is 5.93. The van der Waals surface area contributed by atoms with Crippen LogP contribution in [0, 0.1) is 5.41 Å². The van der Waals surface area contributed by atoms with Gasteiger partial charge in [-0.2, -0.15) is 0 Å². The molecule has 0 bridgehead atoms. The summed E-state index contributed by atoms with van der Waals surface area (Å²) in [7, 11) is 1.53. The maximum Gasteiger partial charge on any atom is 0.240 e. The van der Waals surface area contributed by atoms with Gasteiger partial charge in [-0.3, -0.25) is 9.59 Å². The van der Waals surface area contributed by atoms with Crippen molar-refractivity contribution in [3.8, 4) is 5.75 Å². The molecule has 0 N–H and O–H groups in total. The van der Waals surface area contributed by atoms with Crippen LogP contribution in [-0.4, -0.2) is 18.9 Å². The van der Waals surface area contributed by atoms with Crippen LogP contribution in [0.5, 0.6) is 5.75 Å². The number of rotatable bonds is 4. The smallest absolute Gasteiger partial charge is 0.240 e. The SMILES string of the molecule is CCC1(CC)CC(=O)N(c2cc(Br)ccc2OC)C1=O. The lowest BCUT2D eigenvalue weighted by atomic mass is 9.81. The topological polar surface area (TPSA) is 46.6 Å². The zero-order chi connectivity index (χ0) is 14.9. The van der Waals surface area contributed by atoms with Gasteiger partial charge in [-0.25, -0.2) is 4.90 Å². The lowest BCUT2D eigenvalue weighted by molar-refractivity contribution is -0.126. The first-order chi connectivity index (χ1) is 9.49. The predicted octanol–water partition coefficient (Wildman–Crippen LogP) is 3.53. The average Bonchev–Trinajstić information content (AvgIpc) is 2.70. The number of halogens is 1. The van der Waals surface area contributed by atoms with Crippen LogP contribution in [0.15, 0.2) is 22.7 Å². The molecule has 5 heteroatoms. The number of hydrogen-bond donors (Lipinski definition) is 0. The molecule has 2 rings (SSSR count). The first-order valence-electron chi connectivity index (χ1n) is 6.70. The average molecular weight is 340 g/mol. The standard InChI is InChI=1S/C15H18BrNO3/c1-4-15(5-2)9-13(18)17(14(15)19)11-8-10(16)6-7-12(11)20-3/h6-8H,4-5,9H2,1-3H3. The van der Waals surface area contributed by atoms with Crippen molar-refractivity contribution in [2.24, 2.45) is 5.41 Å². The second-order valence-electron chi connectivity index (χ2n) is 5.01. The lowest BCUT2D eigenvalue weighted by Gasteiger charge is -2.24.